The average Bonchev–Trinajstić information content (AvgIpc) is 2.80. The lowest BCUT2D eigenvalue weighted by molar-refractivity contribution is -0.0264. The van der Waals surface area contributed by atoms with E-state index in [2.05, 4.69) is 11.4 Å². The highest BCUT2D eigenvalue weighted by molar-refractivity contribution is 4.92. The molecule has 5 nitrogen and oxygen atoms in total. The molecule has 0 aromatic rings. The Balaban J connectivity index is 0.000000288. The van der Waals surface area contributed by atoms with Gasteiger partial charge in [0.15, 0.2) is 0 Å². The molecule has 0 aromatic carbocycles. The molecule has 1 aliphatic heterocycles. The molecule has 1 rings (SSSR count). The fraction of sp³-hybridized carbons (Fsp3) is 0.909. The van der Waals surface area contributed by atoms with Gasteiger partial charge < -0.3 is 20.9 Å². The van der Waals surface area contributed by atoms with Crippen molar-refractivity contribution in [2.45, 2.75) is 38.3 Å². The Bertz CT molecular complexity index is 208. The van der Waals surface area contributed by atoms with Gasteiger partial charge in [0.2, 0.25) is 0 Å². The summed E-state index contributed by atoms with van der Waals surface area (Å²) in [6.07, 6.45) is 2.20. The van der Waals surface area contributed by atoms with Gasteiger partial charge in [-0.1, -0.05) is 0 Å². The van der Waals surface area contributed by atoms with E-state index in [0.717, 1.165) is 19.4 Å². The second-order valence-electron chi connectivity index (χ2n) is 4.31. The van der Waals surface area contributed by atoms with E-state index in [0.29, 0.717) is 13.2 Å². The first-order valence-corrected chi connectivity index (χ1v) is 5.63. The second kappa shape index (κ2) is 8.48. The van der Waals surface area contributed by atoms with Crippen LogP contribution in [0.15, 0.2) is 0 Å². The maximum absolute atomic E-state index is 8.36. The van der Waals surface area contributed by atoms with Crippen LogP contribution < -0.4 is 11.1 Å². The standard InChI is InChI=1S/C6H15NO2.C5H8N2/c1-6(2,5-7)9-4-3-8;6-4-5-2-1-3-7-5/h8H,3-5,7H2,1-2H3;5,7H,1-3H2/t;5-/m.0/s1. The minimum absolute atomic E-state index is 0.0590. The van der Waals surface area contributed by atoms with Crippen molar-refractivity contribution in [1.29, 1.82) is 5.26 Å². The molecule has 1 atom stereocenters. The molecule has 0 amide bonds. The van der Waals surface area contributed by atoms with Crippen molar-refractivity contribution in [2.24, 2.45) is 5.73 Å². The van der Waals surface area contributed by atoms with E-state index in [1.54, 1.807) is 0 Å². The molecule has 0 spiro atoms. The highest BCUT2D eigenvalue weighted by Gasteiger charge is 2.14. The Hall–Kier alpha value is -0.670. The molecule has 1 aliphatic rings. The summed E-state index contributed by atoms with van der Waals surface area (Å²) in [5.74, 6) is 0. The van der Waals surface area contributed by atoms with Crippen LogP contribution >= 0.6 is 0 Å². The van der Waals surface area contributed by atoms with Crippen LogP contribution in [0, 0.1) is 11.3 Å². The van der Waals surface area contributed by atoms with Crippen LogP contribution in [0.25, 0.3) is 0 Å². The van der Waals surface area contributed by atoms with E-state index >= 15 is 0 Å². The van der Waals surface area contributed by atoms with Crippen molar-refractivity contribution in [3.63, 3.8) is 0 Å². The zero-order valence-corrected chi connectivity index (χ0v) is 10.2. The monoisotopic (exact) mass is 229 g/mol. The number of aliphatic hydroxyl groups is 1. The van der Waals surface area contributed by atoms with Gasteiger partial charge in [-0.15, -0.1) is 0 Å². The van der Waals surface area contributed by atoms with Crippen molar-refractivity contribution in [2.75, 3.05) is 26.3 Å². The number of aliphatic hydroxyl groups excluding tert-OH is 1. The summed E-state index contributed by atoms with van der Waals surface area (Å²) >= 11 is 0. The second-order valence-corrected chi connectivity index (χ2v) is 4.31. The Morgan fingerprint density at radius 3 is 2.62 bits per heavy atom. The van der Waals surface area contributed by atoms with E-state index in [1.165, 1.54) is 0 Å². The molecule has 16 heavy (non-hydrogen) atoms. The van der Waals surface area contributed by atoms with Gasteiger partial charge in [0.25, 0.3) is 0 Å². The number of nitrogens with two attached hydrogens (primary N) is 1. The molecule has 0 bridgehead atoms. The Morgan fingerprint density at radius 2 is 2.31 bits per heavy atom. The molecule has 4 N–H and O–H groups in total. The van der Waals surface area contributed by atoms with E-state index in [1.807, 2.05) is 13.8 Å². The van der Waals surface area contributed by atoms with E-state index in [4.69, 9.17) is 20.8 Å². The van der Waals surface area contributed by atoms with Crippen molar-refractivity contribution >= 4 is 0 Å². The Kier molecular flexibility index (Phi) is 8.12. The third-order valence-electron chi connectivity index (χ3n) is 2.29. The van der Waals surface area contributed by atoms with E-state index in [9.17, 15) is 0 Å². The number of nitrogens with one attached hydrogen (secondary N) is 1. The largest absolute Gasteiger partial charge is 0.394 e. The zero-order chi connectivity index (χ0) is 12.4. The van der Waals surface area contributed by atoms with Crippen molar-refractivity contribution < 1.29 is 9.84 Å². The summed E-state index contributed by atoms with van der Waals surface area (Å²) < 4.78 is 5.15. The van der Waals surface area contributed by atoms with E-state index < -0.39 is 0 Å². The molecule has 5 heteroatoms. The van der Waals surface area contributed by atoms with Crippen LogP contribution in [0.1, 0.15) is 26.7 Å². The van der Waals surface area contributed by atoms with Crippen LogP contribution in [-0.2, 0) is 4.74 Å². The summed E-state index contributed by atoms with van der Waals surface area (Å²) in [5, 5.41) is 19.7. The molecule has 1 fully saturated rings. The van der Waals surface area contributed by atoms with Gasteiger partial charge in [0.05, 0.1) is 30.9 Å². The first-order chi connectivity index (χ1) is 7.55. The van der Waals surface area contributed by atoms with Gasteiger partial charge in [0.1, 0.15) is 0 Å². The Labute approximate surface area is 97.6 Å². The lowest BCUT2D eigenvalue weighted by Crippen LogP contribution is -2.34. The number of nitriles is 1. The summed E-state index contributed by atoms with van der Waals surface area (Å²) in [7, 11) is 0. The minimum atomic E-state index is -0.289. The third-order valence-corrected chi connectivity index (χ3v) is 2.29. The average molecular weight is 229 g/mol. The van der Waals surface area contributed by atoms with Crippen molar-refractivity contribution in [3.8, 4) is 6.07 Å². The fourth-order valence-corrected chi connectivity index (χ4v) is 1.18. The molecule has 0 saturated carbocycles. The number of nitrogens with zero attached hydrogens (tertiary/aromatic N) is 1. The molecule has 94 valence electrons. The summed E-state index contributed by atoms with van der Waals surface area (Å²) in [4.78, 5) is 0. The van der Waals surface area contributed by atoms with Gasteiger partial charge in [0, 0.05) is 6.54 Å². The Morgan fingerprint density at radius 1 is 1.62 bits per heavy atom. The molecule has 1 saturated heterocycles. The summed E-state index contributed by atoms with van der Waals surface area (Å²) in [5.41, 5.74) is 5.05. The minimum Gasteiger partial charge on any atom is -0.394 e. The normalized spacial score (nSPS) is 19.8. The number of hydrogen-bond acceptors (Lipinski definition) is 5. The highest BCUT2D eigenvalue weighted by Crippen LogP contribution is 2.04. The first kappa shape index (κ1) is 15.3. The van der Waals surface area contributed by atoms with Gasteiger partial charge >= 0.3 is 0 Å². The predicted molar refractivity (Wildman–Crippen MR) is 62.8 cm³/mol. The van der Waals surface area contributed by atoms with Gasteiger partial charge in [-0.05, 0) is 33.2 Å². The number of ether oxygens (including phenoxy) is 1. The lowest BCUT2D eigenvalue weighted by atomic mass is 10.1. The lowest BCUT2D eigenvalue weighted by Gasteiger charge is -2.22. The molecule has 1 heterocycles. The van der Waals surface area contributed by atoms with Crippen LogP contribution in [-0.4, -0.2) is 43.1 Å². The van der Waals surface area contributed by atoms with Gasteiger partial charge in [-0.25, -0.2) is 0 Å². The number of hydrogen-bond donors (Lipinski definition) is 3. The predicted octanol–water partition coefficient (Wildman–Crippen LogP) is -0.00542. The number of rotatable bonds is 4. The van der Waals surface area contributed by atoms with Gasteiger partial charge in [-0.3, -0.25) is 0 Å². The summed E-state index contributed by atoms with van der Waals surface area (Å²) in [6, 6.07) is 2.31. The molecule has 0 unspecified atom stereocenters. The third kappa shape index (κ3) is 7.60. The fourth-order valence-electron chi connectivity index (χ4n) is 1.18. The maximum Gasteiger partial charge on any atom is 0.0953 e. The molecular weight excluding hydrogens is 206 g/mol. The topological polar surface area (TPSA) is 91.3 Å². The highest BCUT2D eigenvalue weighted by atomic mass is 16.5. The van der Waals surface area contributed by atoms with Crippen molar-refractivity contribution in [3.05, 3.63) is 0 Å². The van der Waals surface area contributed by atoms with Crippen LogP contribution in [0.5, 0.6) is 0 Å². The molecule has 0 aliphatic carbocycles. The van der Waals surface area contributed by atoms with E-state index in [-0.39, 0.29) is 18.2 Å². The summed E-state index contributed by atoms with van der Waals surface area (Å²) in [6.45, 7) is 5.71. The first-order valence-electron chi connectivity index (χ1n) is 5.63. The zero-order valence-electron chi connectivity index (χ0n) is 10.2. The van der Waals surface area contributed by atoms with Crippen molar-refractivity contribution in [1.82, 2.24) is 5.32 Å². The quantitative estimate of drug-likeness (QED) is 0.631. The SMILES string of the molecule is CC(C)(CN)OCCO.N#C[C@@H]1CCCN1. The smallest absolute Gasteiger partial charge is 0.0953 e. The van der Waals surface area contributed by atoms with Crippen LogP contribution in [0.4, 0.5) is 0 Å². The molecule has 0 radical (unpaired) electrons. The maximum atomic E-state index is 8.36. The molecule has 0 aromatic heterocycles. The van der Waals surface area contributed by atoms with Crippen LogP contribution in [0.2, 0.25) is 0 Å². The molecular formula is C11H23N3O2. The van der Waals surface area contributed by atoms with Crippen LogP contribution in [0.3, 0.4) is 0 Å². The van der Waals surface area contributed by atoms with Gasteiger partial charge in [-0.2, -0.15) is 5.26 Å².